The van der Waals surface area contributed by atoms with Gasteiger partial charge in [0.15, 0.2) is 0 Å². The van der Waals surface area contributed by atoms with E-state index in [1.165, 1.54) is 12.8 Å². The van der Waals surface area contributed by atoms with Crippen molar-refractivity contribution in [2.24, 2.45) is 0 Å². The predicted octanol–water partition coefficient (Wildman–Crippen LogP) is 3.89. The van der Waals surface area contributed by atoms with E-state index in [2.05, 4.69) is 18.8 Å². The molecule has 1 aromatic rings. The van der Waals surface area contributed by atoms with Gasteiger partial charge in [-0.15, -0.1) is 0 Å². The third-order valence-corrected chi connectivity index (χ3v) is 5.95. The highest BCUT2D eigenvalue weighted by molar-refractivity contribution is 5.96. The molecule has 0 bridgehead atoms. The Labute approximate surface area is 156 Å². The number of piperidine rings is 2. The first-order valence-electron chi connectivity index (χ1n) is 10.2. The number of likely N-dealkylation sites (tertiary alicyclic amines) is 2. The molecule has 3 heterocycles. The normalized spacial score (nSPS) is 23.8. The highest BCUT2D eigenvalue weighted by Gasteiger charge is 2.28. The van der Waals surface area contributed by atoms with Gasteiger partial charge in [0, 0.05) is 31.4 Å². The minimum Gasteiger partial charge on any atom is -0.336 e. The van der Waals surface area contributed by atoms with Crippen LogP contribution in [0.5, 0.6) is 0 Å². The molecule has 2 atom stereocenters. The van der Waals surface area contributed by atoms with Gasteiger partial charge in [0.2, 0.25) is 0 Å². The molecule has 2 unspecified atom stereocenters. The van der Waals surface area contributed by atoms with Crippen LogP contribution in [0.1, 0.15) is 86.1 Å². The van der Waals surface area contributed by atoms with Gasteiger partial charge in [0.25, 0.3) is 11.8 Å². The van der Waals surface area contributed by atoms with Crippen molar-refractivity contribution in [3.8, 4) is 0 Å². The summed E-state index contributed by atoms with van der Waals surface area (Å²) in [6.45, 7) is 5.91. The average molecular weight is 357 g/mol. The fourth-order valence-corrected chi connectivity index (χ4v) is 4.34. The summed E-state index contributed by atoms with van der Waals surface area (Å²) in [6.07, 6.45) is 10.2. The number of carbonyl (C=O) groups excluding carboxylic acids is 2. The van der Waals surface area contributed by atoms with Crippen molar-refractivity contribution < 1.29 is 9.59 Å². The second-order valence-electron chi connectivity index (χ2n) is 7.54. The van der Waals surface area contributed by atoms with Crippen LogP contribution in [0.15, 0.2) is 18.3 Å². The number of pyridine rings is 1. The molecule has 2 amide bonds. The van der Waals surface area contributed by atoms with Gasteiger partial charge in [-0.05, 0) is 63.5 Å². The SMILES string of the molecule is CCC1CCCCN1C(=O)c1ccc(C(=O)N2CCCCC2CC)nc1. The van der Waals surface area contributed by atoms with Gasteiger partial charge in [0.1, 0.15) is 5.69 Å². The zero-order valence-electron chi connectivity index (χ0n) is 16.1. The van der Waals surface area contributed by atoms with Crippen molar-refractivity contribution in [2.75, 3.05) is 13.1 Å². The second kappa shape index (κ2) is 8.65. The van der Waals surface area contributed by atoms with Crippen LogP contribution in [-0.4, -0.2) is 51.8 Å². The Bertz CT molecular complexity index is 574. The largest absolute Gasteiger partial charge is 0.336 e. The second-order valence-corrected chi connectivity index (χ2v) is 7.54. The lowest BCUT2D eigenvalue weighted by Gasteiger charge is -2.35. The van der Waals surface area contributed by atoms with Gasteiger partial charge in [-0.1, -0.05) is 13.8 Å². The van der Waals surface area contributed by atoms with Crippen LogP contribution in [0.3, 0.4) is 0 Å². The van der Waals surface area contributed by atoms with Crippen LogP contribution in [0.25, 0.3) is 0 Å². The Hall–Kier alpha value is -1.91. The number of hydrogen-bond acceptors (Lipinski definition) is 3. The van der Waals surface area contributed by atoms with E-state index >= 15 is 0 Å². The maximum absolute atomic E-state index is 12.8. The molecular formula is C21H31N3O2. The van der Waals surface area contributed by atoms with E-state index in [-0.39, 0.29) is 11.8 Å². The van der Waals surface area contributed by atoms with Crippen LogP contribution < -0.4 is 0 Å². The molecule has 1 aromatic heterocycles. The first-order valence-corrected chi connectivity index (χ1v) is 10.2. The van der Waals surface area contributed by atoms with Gasteiger partial charge in [-0.2, -0.15) is 0 Å². The lowest BCUT2D eigenvalue weighted by atomic mass is 9.99. The minimum absolute atomic E-state index is 0.0000405. The van der Waals surface area contributed by atoms with E-state index in [1.54, 1.807) is 18.3 Å². The van der Waals surface area contributed by atoms with Crippen molar-refractivity contribution >= 4 is 11.8 Å². The molecule has 26 heavy (non-hydrogen) atoms. The number of hydrogen-bond donors (Lipinski definition) is 0. The van der Waals surface area contributed by atoms with E-state index in [0.29, 0.717) is 23.3 Å². The third-order valence-electron chi connectivity index (χ3n) is 5.95. The Morgan fingerprint density at radius 3 is 2.00 bits per heavy atom. The molecule has 0 saturated carbocycles. The lowest BCUT2D eigenvalue weighted by Crippen LogP contribution is -2.44. The molecule has 2 saturated heterocycles. The van der Waals surface area contributed by atoms with Crippen LogP contribution in [0.4, 0.5) is 0 Å². The van der Waals surface area contributed by atoms with E-state index in [0.717, 1.165) is 51.6 Å². The van der Waals surface area contributed by atoms with Gasteiger partial charge in [-0.3, -0.25) is 14.6 Å². The van der Waals surface area contributed by atoms with Crippen LogP contribution in [0.2, 0.25) is 0 Å². The van der Waals surface area contributed by atoms with Crippen molar-refractivity contribution in [3.63, 3.8) is 0 Å². The molecule has 2 fully saturated rings. The number of rotatable bonds is 4. The first-order chi connectivity index (χ1) is 12.7. The predicted molar refractivity (Wildman–Crippen MR) is 102 cm³/mol. The smallest absolute Gasteiger partial charge is 0.272 e. The molecule has 5 heteroatoms. The molecule has 0 spiro atoms. The van der Waals surface area contributed by atoms with Crippen molar-refractivity contribution in [3.05, 3.63) is 29.6 Å². The molecule has 5 nitrogen and oxygen atoms in total. The summed E-state index contributed by atoms with van der Waals surface area (Å²) in [5.74, 6) is 0.0485. The average Bonchev–Trinajstić information content (AvgIpc) is 2.72. The molecular weight excluding hydrogens is 326 g/mol. The maximum atomic E-state index is 12.8. The topological polar surface area (TPSA) is 53.5 Å². The van der Waals surface area contributed by atoms with E-state index < -0.39 is 0 Å². The van der Waals surface area contributed by atoms with Crippen LogP contribution in [-0.2, 0) is 0 Å². The Kier molecular flexibility index (Phi) is 6.28. The number of amides is 2. The highest BCUT2D eigenvalue weighted by Crippen LogP contribution is 2.23. The molecule has 0 aromatic carbocycles. The Morgan fingerprint density at radius 2 is 1.50 bits per heavy atom. The molecule has 0 aliphatic carbocycles. The summed E-state index contributed by atoms with van der Waals surface area (Å²) in [6, 6.07) is 4.14. The minimum atomic E-state index is -0.0000405. The standard InChI is InChI=1S/C21H31N3O2/c1-3-17-9-5-7-13-23(17)20(25)16-11-12-19(22-15-16)21(26)24-14-8-6-10-18(24)4-2/h11-12,15,17-18H,3-10,13-14H2,1-2H3. The molecule has 2 aliphatic rings. The molecule has 2 aliphatic heterocycles. The van der Waals surface area contributed by atoms with E-state index in [9.17, 15) is 9.59 Å². The summed E-state index contributed by atoms with van der Waals surface area (Å²) in [5, 5.41) is 0. The van der Waals surface area contributed by atoms with Crippen molar-refractivity contribution in [2.45, 2.75) is 77.3 Å². The maximum Gasteiger partial charge on any atom is 0.272 e. The van der Waals surface area contributed by atoms with Gasteiger partial charge in [0.05, 0.1) is 5.56 Å². The number of carbonyl (C=O) groups is 2. The summed E-state index contributed by atoms with van der Waals surface area (Å²) in [5.41, 5.74) is 1.04. The zero-order valence-corrected chi connectivity index (χ0v) is 16.1. The summed E-state index contributed by atoms with van der Waals surface area (Å²) < 4.78 is 0. The monoisotopic (exact) mass is 357 g/mol. The van der Waals surface area contributed by atoms with Gasteiger partial charge < -0.3 is 9.80 Å². The van der Waals surface area contributed by atoms with Gasteiger partial charge >= 0.3 is 0 Å². The molecule has 3 rings (SSSR count). The number of nitrogens with zero attached hydrogens (tertiary/aromatic N) is 3. The number of aromatic nitrogens is 1. The first kappa shape index (κ1) is 18.9. The molecule has 0 radical (unpaired) electrons. The Morgan fingerprint density at radius 1 is 0.923 bits per heavy atom. The Balaban J connectivity index is 1.71. The zero-order chi connectivity index (χ0) is 18.5. The summed E-state index contributed by atoms with van der Waals surface area (Å²) in [4.78, 5) is 34.0. The summed E-state index contributed by atoms with van der Waals surface area (Å²) in [7, 11) is 0. The van der Waals surface area contributed by atoms with Crippen molar-refractivity contribution in [1.82, 2.24) is 14.8 Å². The van der Waals surface area contributed by atoms with E-state index in [1.807, 2.05) is 9.80 Å². The van der Waals surface area contributed by atoms with E-state index in [4.69, 9.17) is 0 Å². The van der Waals surface area contributed by atoms with Gasteiger partial charge in [-0.25, -0.2) is 0 Å². The van der Waals surface area contributed by atoms with Crippen LogP contribution in [0, 0.1) is 0 Å². The molecule has 0 N–H and O–H groups in total. The molecule has 142 valence electrons. The summed E-state index contributed by atoms with van der Waals surface area (Å²) >= 11 is 0. The lowest BCUT2D eigenvalue weighted by molar-refractivity contribution is 0.0591. The third kappa shape index (κ3) is 3.92. The fraction of sp³-hybridized carbons (Fsp3) is 0.667. The highest BCUT2D eigenvalue weighted by atomic mass is 16.2. The quantitative estimate of drug-likeness (QED) is 0.821. The fourth-order valence-electron chi connectivity index (χ4n) is 4.34. The van der Waals surface area contributed by atoms with Crippen molar-refractivity contribution in [1.29, 1.82) is 0 Å². The van der Waals surface area contributed by atoms with Crippen LogP contribution >= 0.6 is 0 Å².